The first kappa shape index (κ1) is 14.4. The van der Waals surface area contributed by atoms with Gasteiger partial charge in [-0.2, -0.15) is 0 Å². The molecule has 2 aromatic rings. The van der Waals surface area contributed by atoms with Gasteiger partial charge in [0, 0.05) is 6.20 Å². The van der Waals surface area contributed by atoms with Crippen molar-refractivity contribution in [1.29, 1.82) is 0 Å². The molecule has 0 fully saturated rings. The fourth-order valence-corrected chi connectivity index (χ4v) is 1.84. The third-order valence-corrected chi connectivity index (χ3v) is 2.65. The van der Waals surface area contributed by atoms with Gasteiger partial charge < -0.3 is 4.74 Å². The van der Waals surface area contributed by atoms with Gasteiger partial charge in [0.15, 0.2) is 0 Å². The highest BCUT2D eigenvalue weighted by atomic mass is 19.1. The molecular formula is C14H17FN4O. The van der Waals surface area contributed by atoms with Crippen molar-refractivity contribution >= 4 is 0 Å². The molecule has 106 valence electrons. The van der Waals surface area contributed by atoms with Crippen LogP contribution in [0.4, 0.5) is 4.39 Å². The van der Waals surface area contributed by atoms with Crippen molar-refractivity contribution in [2.75, 3.05) is 0 Å². The highest BCUT2D eigenvalue weighted by molar-refractivity contribution is 5.31. The predicted octanol–water partition coefficient (Wildman–Crippen LogP) is 1.96. The molecule has 0 saturated carbocycles. The van der Waals surface area contributed by atoms with Gasteiger partial charge in [-0.05, 0) is 37.6 Å². The average molecular weight is 276 g/mol. The van der Waals surface area contributed by atoms with E-state index in [0.717, 1.165) is 11.8 Å². The fraction of sp³-hybridized carbons (Fsp3) is 0.286. The standard InChI is InChI=1S/C14H17FN4O/c1-9(2)20-12-5-10(6-17-8-12)14(19-16)13-4-3-11(15)7-18-13/h3-9,14,19H,16H2,1-2H3. The molecule has 2 rings (SSSR count). The number of nitrogens with two attached hydrogens (primary N) is 1. The zero-order valence-electron chi connectivity index (χ0n) is 11.4. The predicted molar refractivity (Wildman–Crippen MR) is 73.4 cm³/mol. The first-order valence-corrected chi connectivity index (χ1v) is 6.29. The number of ether oxygens (including phenoxy) is 1. The van der Waals surface area contributed by atoms with E-state index < -0.39 is 0 Å². The van der Waals surface area contributed by atoms with Gasteiger partial charge in [-0.1, -0.05) is 0 Å². The third kappa shape index (κ3) is 3.49. The van der Waals surface area contributed by atoms with Gasteiger partial charge in [0.1, 0.15) is 11.6 Å². The van der Waals surface area contributed by atoms with E-state index in [4.69, 9.17) is 10.6 Å². The number of hydrogen-bond donors (Lipinski definition) is 2. The summed E-state index contributed by atoms with van der Waals surface area (Å²) < 4.78 is 18.5. The Hall–Kier alpha value is -2.05. The topological polar surface area (TPSA) is 73.1 Å². The van der Waals surface area contributed by atoms with Crippen LogP contribution in [0.25, 0.3) is 0 Å². The Bertz CT molecular complexity index is 559. The van der Waals surface area contributed by atoms with E-state index in [1.54, 1.807) is 18.5 Å². The number of aromatic nitrogens is 2. The summed E-state index contributed by atoms with van der Waals surface area (Å²) in [6, 6.07) is 4.38. The van der Waals surface area contributed by atoms with Crippen LogP contribution in [0.15, 0.2) is 36.8 Å². The van der Waals surface area contributed by atoms with Gasteiger partial charge >= 0.3 is 0 Å². The molecule has 3 N–H and O–H groups in total. The van der Waals surface area contributed by atoms with Crippen LogP contribution in [0.2, 0.25) is 0 Å². The summed E-state index contributed by atoms with van der Waals surface area (Å²) in [7, 11) is 0. The molecule has 0 saturated heterocycles. The quantitative estimate of drug-likeness (QED) is 0.645. The lowest BCUT2D eigenvalue weighted by molar-refractivity contribution is 0.241. The summed E-state index contributed by atoms with van der Waals surface area (Å²) in [5.41, 5.74) is 4.06. The Labute approximate surface area is 117 Å². The van der Waals surface area contributed by atoms with Gasteiger partial charge in [0.2, 0.25) is 0 Å². The first-order valence-electron chi connectivity index (χ1n) is 6.29. The van der Waals surface area contributed by atoms with Gasteiger partial charge in [0.05, 0.1) is 30.2 Å². The van der Waals surface area contributed by atoms with Crippen LogP contribution in [-0.2, 0) is 0 Å². The summed E-state index contributed by atoms with van der Waals surface area (Å²) in [4.78, 5) is 8.16. The van der Waals surface area contributed by atoms with Crippen molar-refractivity contribution in [3.05, 3.63) is 53.9 Å². The lowest BCUT2D eigenvalue weighted by Gasteiger charge is -2.17. The molecule has 1 atom stereocenters. The van der Waals surface area contributed by atoms with E-state index in [9.17, 15) is 4.39 Å². The second-order valence-electron chi connectivity index (χ2n) is 4.62. The van der Waals surface area contributed by atoms with Crippen LogP contribution < -0.4 is 16.0 Å². The number of hydrogen-bond acceptors (Lipinski definition) is 5. The third-order valence-electron chi connectivity index (χ3n) is 2.65. The molecule has 0 bridgehead atoms. The monoisotopic (exact) mass is 276 g/mol. The highest BCUT2D eigenvalue weighted by Gasteiger charge is 2.15. The van der Waals surface area contributed by atoms with Crippen molar-refractivity contribution in [3.63, 3.8) is 0 Å². The summed E-state index contributed by atoms with van der Waals surface area (Å²) in [6.07, 6.45) is 4.51. The van der Waals surface area contributed by atoms with E-state index in [1.165, 1.54) is 6.07 Å². The molecule has 2 heterocycles. The number of rotatable bonds is 5. The van der Waals surface area contributed by atoms with Crippen LogP contribution in [0.3, 0.4) is 0 Å². The second kappa shape index (κ2) is 6.40. The number of nitrogens with one attached hydrogen (secondary N) is 1. The maximum atomic E-state index is 12.9. The number of nitrogens with zero attached hydrogens (tertiary/aromatic N) is 2. The Morgan fingerprint density at radius 2 is 2.05 bits per heavy atom. The Balaban J connectivity index is 2.29. The van der Waals surface area contributed by atoms with Crippen molar-refractivity contribution in [1.82, 2.24) is 15.4 Å². The zero-order chi connectivity index (χ0) is 14.5. The zero-order valence-corrected chi connectivity index (χ0v) is 11.4. The van der Waals surface area contributed by atoms with Crippen LogP contribution in [0.1, 0.15) is 31.1 Å². The summed E-state index contributed by atoms with van der Waals surface area (Å²) in [5, 5.41) is 0. The van der Waals surface area contributed by atoms with E-state index in [1.807, 2.05) is 19.9 Å². The molecule has 0 aliphatic heterocycles. The highest BCUT2D eigenvalue weighted by Crippen LogP contribution is 2.23. The summed E-state index contributed by atoms with van der Waals surface area (Å²) >= 11 is 0. The molecule has 20 heavy (non-hydrogen) atoms. The maximum absolute atomic E-state index is 12.9. The summed E-state index contributed by atoms with van der Waals surface area (Å²) in [5.74, 6) is 5.84. The van der Waals surface area contributed by atoms with Crippen molar-refractivity contribution in [3.8, 4) is 5.75 Å². The summed E-state index contributed by atoms with van der Waals surface area (Å²) in [6.45, 7) is 3.87. The van der Waals surface area contributed by atoms with E-state index in [-0.39, 0.29) is 18.0 Å². The van der Waals surface area contributed by atoms with Gasteiger partial charge in [-0.3, -0.25) is 15.8 Å². The molecule has 6 heteroatoms. The largest absolute Gasteiger partial charge is 0.489 e. The molecular weight excluding hydrogens is 259 g/mol. The Morgan fingerprint density at radius 1 is 1.25 bits per heavy atom. The molecule has 0 aliphatic rings. The molecule has 0 aromatic carbocycles. The van der Waals surface area contributed by atoms with Crippen LogP contribution in [0, 0.1) is 5.82 Å². The minimum Gasteiger partial charge on any atom is -0.489 e. The van der Waals surface area contributed by atoms with Crippen LogP contribution >= 0.6 is 0 Å². The Morgan fingerprint density at radius 3 is 2.65 bits per heavy atom. The normalized spacial score (nSPS) is 12.4. The van der Waals surface area contributed by atoms with Gasteiger partial charge in [-0.25, -0.2) is 9.82 Å². The Kier molecular flexibility index (Phi) is 4.60. The SMILES string of the molecule is CC(C)Oc1cncc(C(NN)c2ccc(F)cn2)c1. The number of pyridine rings is 2. The second-order valence-corrected chi connectivity index (χ2v) is 4.62. The van der Waals surface area contributed by atoms with Gasteiger partial charge in [-0.15, -0.1) is 0 Å². The van der Waals surface area contributed by atoms with E-state index in [2.05, 4.69) is 15.4 Å². The van der Waals surface area contributed by atoms with E-state index in [0.29, 0.717) is 11.4 Å². The van der Waals surface area contributed by atoms with Gasteiger partial charge in [0.25, 0.3) is 0 Å². The average Bonchev–Trinajstić information content (AvgIpc) is 2.41. The lowest BCUT2D eigenvalue weighted by atomic mass is 10.1. The maximum Gasteiger partial charge on any atom is 0.141 e. The van der Waals surface area contributed by atoms with Crippen LogP contribution in [0.5, 0.6) is 5.75 Å². The lowest BCUT2D eigenvalue weighted by Crippen LogP contribution is -2.29. The first-order chi connectivity index (χ1) is 9.60. The molecule has 5 nitrogen and oxygen atoms in total. The van der Waals surface area contributed by atoms with Crippen molar-refractivity contribution in [2.45, 2.75) is 26.0 Å². The minimum atomic E-state index is -0.389. The number of hydrazine groups is 1. The van der Waals surface area contributed by atoms with Crippen molar-refractivity contribution < 1.29 is 9.13 Å². The smallest absolute Gasteiger partial charge is 0.141 e. The molecule has 0 amide bonds. The molecule has 0 aliphatic carbocycles. The number of halogens is 1. The molecule has 1 unspecified atom stereocenters. The van der Waals surface area contributed by atoms with Crippen molar-refractivity contribution in [2.24, 2.45) is 5.84 Å². The minimum absolute atomic E-state index is 0.0558. The molecule has 2 aromatic heterocycles. The van der Waals surface area contributed by atoms with Crippen LogP contribution in [-0.4, -0.2) is 16.1 Å². The molecule has 0 spiro atoms. The van der Waals surface area contributed by atoms with E-state index >= 15 is 0 Å². The fourth-order valence-electron chi connectivity index (χ4n) is 1.84. The molecule has 0 radical (unpaired) electrons.